The third-order valence-corrected chi connectivity index (χ3v) is 5.92. The Morgan fingerprint density at radius 3 is 2.35 bits per heavy atom. The number of rotatable bonds is 7. The van der Waals surface area contributed by atoms with Crippen molar-refractivity contribution in [3.05, 3.63) is 101 Å². The maximum absolute atomic E-state index is 14.0. The molecule has 34 heavy (non-hydrogen) atoms. The van der Waals surface area contributed by atoms with Gasteiger partial charge in [0.15, 0.2) is 16.8 Å². The zero-order valence-electron chi connectivity index (χ0n) is 17.9. The number of aromatic nitrogens is 3. The number of benzene rings is 2. The van der Waals surface area contributed by atoms with Crippen LogP contribution in [-0.2, 0) is 12.3 Å². The number of carbonyl (C=O) groups excluding carboxylic acids is 1. The number of amides is 1. The third kappa shape index (κ3) is 5.12. The smallest absolute Gasteiger partial charge is 0.272 e. The quantitative estimate of drug-likeness (QED) is 0.210. The van der Waals surface area contributed by atoms with Crippen molar-refractivity contribution in [1.29, 1.82) is 0 Å². The molecule has 0 spiro atoms. The molecule has 2 heterocycles. The Morgan fingerprint density at radius 2 is 1.65 bits per heavy atom. The average Bonchev–Trinajstić information content (AvgIpc) is 3.26. The van der Waals surface area contributed by atoms with Gasteiger partial charge >= 0.3 is 0 Å². The van der Waals surface area contributed by atoms with Crippen molar-refractivity contribution < 1.29 is 22.4 Å². The molecule has 10 heteroatoms. The minimum Gasteiger partial charge on any atom is -0.336 e. The molecule has 0 unspecified atom stereocenters. The van der Waals surface area contributed by atoms with Crippen molar-refractivity contribution >= 4 is 17.7 Å². The molecule has 0 aliphatic rings. The third-order valence-electron chi connectivity index (χ3n) is 5.02. The van der Waals surface area contributed by atoms with Crippen molar-refractivity contribution in [1.82, 2.24) is 19.9 Å². The van der Waals surface area contributed by atoms with Crippen LogP contribution in [0.1, 0.15) is 21.6 Å². The number of halogens is 4. The molecule has 0 saturated heterocycles. The molecule has 4 rings (SSSR count). The number of hydrogen-bond acceptors (Lipinski definition) is 4. The zero-order valence-corrected chi connectivity index (χ0v) is 18.7. The Kier molecular flexibility index (Phi) is 6.97. The van der Waals surface area contributed by atoms with Crippen molar-refractivity contribution in [3.8, 4) is 11.3 Å². The van der Waals surface area contributed by atoms with E-state index >= 15 is 0 Å². The Balaban J connectivity index is 1.64. The number of carbonyl (C=O) groups is 1. The molecular weight excluding hydrogens is 468 g/mol. The lowest BCUT2D eigenvalue weighted by Gasteiger charge is -2.17. The number of H-pyrrole nitrogens is 1. The first-order valence-electron chi connectivity index (χ1n) is 10.1. The molecule has 1 amide bonds. The molecule has 2 aromatic carbocycles. The van der Waals surface area contributed by atoms with Gasteiger partial charge < -0.3 is 9.88 Å². The fourth-order valence-electron chi connectivity index (χ4n) is 3.26. The summed E-state index contributed by atoms with van der Waals surface area (Å²) in [7, 11) is 1.61. The van der Waals surface area contributed by atoms with Gasteiger partial charge in [0, 0.05) is 42.9 Å². The SMILES string of the molecule is CN(Cc1ccncc1)C(=O)c1[nH]c(SCc2c(F)ccc(F)c2F)nc1-c1ccc(F)cc1. The van der Waals surface area contributed by atoms with Crippen LogP contribution in [0.4, 0.5) is 17.6 Å². The summed E-state index contributed by atoms with van der Waals surface area (Å²) in [6.45, 7) is 0.297. The minimum atomic E-state index is -1.27. The summed E-state index contributed by atoms with van der Waals surface area (Å²) in [4.78, 5) is 26.0. The van der Waals surface area contributed by atoms with Crippen molar-refractivity contribution in [3.63, 3.8) is 0 Å². The van der Waals surface area contributed by atoms with Gasteiger partial charge in [0.25, 0.3) is 5.91 Å². The molecule has 0 aliphatic heterocycles. The number of imidazole rings is 1. The number of nitrogens with one attached hydrogen (secondary N) is 1. The van der Waals surface area contributed by atoms with Gasteiger partial charge in [-0.25, -0.2) is 22.5 Å². The summed E-state index contributed by atoms with van der Waals surface area (Å²) in [5.74, 6) is -4.41. The van der Waals surface area contributed by atoms with Crippen LogP contribution in [0, 0.1) is 23.3 Å². The molecule has 4 aromatic rings. The van der Waals surface area contributed by atoms with E-state index in [0.717, 1.165) is 23.4 Å². The largest absolute Gasteiger partial charge is 0.336 e. The van der Waals surface area contributed by atoms with Gasteiger partial charge in [-0.1, -0.05) is 11.8 Å². The topological polar surface area (TPSA) is 61.9 Å². The van der Waals surface area contributed by atoms with E-state index in [1.807, 2.05) is 0 Å². The van der Waals surface area contributed by atoms with Gasteiger partial charge in [-0.15, -0.1) is 0 Å². The van der Waals surface area contributed by atoms with Crippen LogP contribution in [0.2, 0.25) is 0 Å². The number of thioether (sulfide) groups is 1. The molecule has 0 saturated carbocycles. The molecule has 0 bridgehead atoms. The number of aromatic amines is 1. The fraction of sp³-hybridized carbons (Fsp3) is 0.125. The van der Waals surface area contributed by atoms with E-state index in [2.05, 4.69) is 15.0 Å². The predicted molar refractivity (Wildman–Crippen MR) is 120 cm³/mol. The van der Waals surface area contributed by atoms with Crippen LogP contribution >= 0.6 is 11.8 Å². The average molecular weight is 486 g/mol. The Labute approximate surface area is 196 Å². The van der Waals surface area contributed by atoms with Gasteiger partial charge in [0.05, 0.1) is 0 Å². The highest BCUT2D eigenvalue weighted by molar-refractivity contribution is 7.98. The van der Waals surface area contributed by atoms with Gasteiger partial charge in [-0.05, 0) is 54.1 Å². The lowest BCUT2D eigenvalue weighted by atomic mass is 10.1. The minimum absolute atomic E-state index is 0.130. The maximum Gasteiger partial charge on any atom is 0.272 e. The van der Waals surface area contributed by atoms with Crippen molar-refractivity contribution in [2.45, 2.75) is 17.5 Å². The molecule has 0 fully saturated rings. The zero-order chi connectivity index (χ0) is 24.2. The lowest BCUT2D eigenvalue weighted by molar-refractivity contribution is 0.0780. The second-order valence-corrected chi connectivity index (χ2v) is 8.36. The van der Waals surface area contributed by atoms with E-state index in [4.69, 9.17) is 0 Å². The van der Waals surface area contributed by atoms with E-state index in [1.54, 1.807) is 31.6 Å². The first-order chi connectivity index (χ1) is 16.3. The van der Waals surface area contributed by atoms with Crippen molar-refractivity contribution in [2.75, 3.05) is 7.05 Å². The van der Waals surface area contributed by atoms with Gasteiger partial charge in [0.2, 0.25) is 0 Å². The highest BCUT2D eigenvalue weighted by Crippen LogP contribution is 2.30. The second kappa shape index (κ2) is 10.1. The summed E-state index contributed by atoms with van der Waals surface area (Å²) >= 11 is 0.910. The van der Waals surface area contributed by atoms with Crippen LogP contribution in [0.15, 0.2) is 66.1 Å². The predicted octanol–water partition coefficient (Wildman–Crippen LogP) is 5.59. The molecule has 2 aromatic heterocycles. The van der Waals surface area contributed by atoms with E-state index in [1.165, 1.54) is 29.2 Å². The van der Waals surface area contributed by atoms with Crippen LogP contribution in [0.5, 0.6) is 0 Å². The Hall–Kier alpha value is -3.66. The highest BCUT2D eigenvalue weighted by atomic mass is 32.2. The Bertz CT molecular complexity index is 1310. The van der Waals surface area contributed by atoms with E-state index < -0.39 is 34.7 Å². The van der Waals surface area contributed by atoms with E-state index in [-0.39, 0.29) is 22.3 Å². The van der Waals surface area contributed by atoms with Crippen LogP contribution < -0.4 is 0 Å². The highest BCUT2D eigenvalue weighted by Gasteiger charge is 2.23. The molecule has 0 aliphatic carbocycles. The first kappa shape index (κ1) is 23.5. The lowest BCUT2D eigenvalue weighted by Crippen LogP contribution is -2.27. The number of nitrogens with zero attached hydrogens (tertiary/aromatic N) is 3. The molecular formula is C24H18F4N4OS. The summed E-state index contributed by atoms with van der Waals surface area (Å²) in [6, 6.07) is 10.6. The summed E-state index contributed by atoms with van der Waals surface area (Å²) < 4.78 is 55.0. The number of pyridine rings is 1. The first-order valence-corrected chi connectivity index (χ1v) is 11.1. The van der Waals surface area contributed by atoms with Gasteiger partial charge in [-0.2, -0.15) is 0 Å². The standard InChI is InChI=1S/C24H18F4N4OS/c1-32(12-14-8-10-29-11-9-14)23(33)22-21(15-2-4-16(25)5-3-15)30-24(31-22)34-13-17-18(26)6-7-19(27)20(17)28/h2-11H,12-13H2,1H3,(H,30,31). The van der Waals surface area contributed by atoms with Crippen molar-refractivity contribution in [2.24, 2.45) is 0 Å². The monoisotopic (exact) mass is 486 g/mol. The van der Waals surface area contributed by atoms with Crippen LogP contribution in [0.3, 0.4) is 0 Å². The number of hydrogen-bond donors (Lipinski definition) is 1. The molecule has 1 N–H and O–H groups in total. The summed E-state index contributed by atoms with van der Waals surface area (Å²) in [5.41, 5.74) is 1.29. The van der Waals surface area contributed by atoms with Gasteiger partial charge in [0.1, 0.15) is 23.0 Å². The maximum atomic E-state index is 14.0. The summed E-state index contributed by atoms with van der Waals surface area (Å²) in [6.07, 6.45) is 3.24. The Morgan fingerprint density at radius 1 is 0.971 bits per heavy atom. The fourth-order valence-corrected chi connectivity index (χ4v) is 4.13. The van der Waals surface area contributed by atoms with Crippen LogP contribution in [-0.4, -0.2) is 32.8 Å². The van der Waals surface area contributed by atoms with E-state index in [0.29, 0.717) is 18.2 Å². The van der Waals surface area contributed by atoms with Crippen LogP contribution in [0.25, 0.3) is 11.3 Å². The second-order valence-electron chi connectivity index (χ2n) is 7.40. The molecule has 174 valence electrons. The molecule has 5 nitrogen and oxygen atoms in total. The summed E-state index contributed by atoms with van der Waals surface area (Å²) in [5, 5.41) is 0.197. The normalized spacial score (nSPS) is 11.0. The van der Waals surface area contributed by atoms with Gasteiger partial charge in [-0.3, -0.25) is 9.78 Å². The molecule has 0 atom stereocenters. The molecule has 0 radical (unpaired) electrons. The van der Waals surface area contributed by atoms with E-state index in [9.17, 15) is 22.4 Å².